The molecule has 0 aromatic carbocycles. The van der Waals surface area contributed by atoms with Crippen LogP contribution in [0.3, 0.4) is 0 Å². The molecule has 0 spiro atoms. The zero-order valence-corrected chi connectivity index (χ0v) is 5.96. The molecule has 0 aliphatic heterocycles. The van der Waals surface area contributed by atoms with Gasteiger partial charge in [-0.25, -0.2) is 0 Å². The first kappa shape index (κ1) is 7.07. The van der Waals surface area contributed by atoms with Crippen LogP contribution in [0.4, 0.5) is 0 Å². The summed E-state index contributed by atoms with van der Waals surface area (Å²) in [4.78, 5) is 0. The van der Waals surface area contributed by atoms with Gasteiger partial charge in [0.15, 0.2) is 0 Å². The van der Waals surface area contributed by atoms with Gasteiger partial charge < -0.3 is 0 Å². The van der Waals surface area contributed by atoms with Gasteiger partial charge in [-0.05, 0) is 18.4 Å². The second-order valence-electron chi connectivity index (χ2n) is 2.14. The first-order valence-electron chi connectivity index (χ1n) is 3.42. The minimum Gasteiger partial charge on any atom is -0.0991 e. The molecule has 1 radical (unpaired) electrons. The van der Waals surface area contributed by atoms with E-state index >= 15 is 0 Å². The van der Waals surface area contributed by atoms with Crippen molar-refractivity contribution in [3.63, 3.8) is 0 Å². The van der Waals surface area contributed by atoms with Crippen molar-refractivity contribution < 1.29 is 0 Å². The van der Waals surface area contributed by atoms with Gasteiger partial charge in [0.1, 0.15) is 0 Å². The van der Waals surface area contributed by atoms with Gasteiger partial charge >= 0.3 is 0 Å². The second kappa shape index (κ2) is 3.89. The Kier molecular flexibility index (Phi) is 2.75. The molecule has 0 fully saturated rings. The van der Waals surface area contributed by atoms with E-state index in [0.717, 1.165) is 6.42 Å². The van der Waals surface area contributed by atoms with Gasteiger partial charge in [-0.15, -0.1) is 0 Å². The molecule has 0 bridgehead atoms. The van der Waals surface area contributed by atoms with Crippen LogP contribution in [0.15, 0.2) is 48.6 Å². The Bertz CT molecular complexity index is 192. The van der Waals surface area contributed by atoms with Gasteiger partial charge in [0.2, 0.25) is 0 Å². The Morgan fingerprint density at radius 2 is 2.40 bits per heavy atom. The van der Waals surface area contributed by atoms with E-state index in [1.165, 1.54) is 5.57 Å². The van der Waals surface area contributed by atoms with E-state index < -0.39 is 0 Å². The second-order valence-corrected chi connectivity index (χ2v) is 2.14. The number of hydrogen-bond acceptors (Lipinski definition) is 0. The predicted octanol–water partition coefficient (Wildman–Crippen LogP) is 2.82. The van der Waals surface area contributed by atoms with Crippen molar-refractivity contribution in [2.75, 3.05) is 0 Å². The van der Waals surface area contributed by atoms with Crippen molar-refractivity contribution in [3.8, 4) is 0 Å². The molecular weight excluding hydrogens is 120 g/mol. The highest BCUT2D eigenvalue weighted by atomic mass is 14.0. The summed E-state index contributed by atoms with van der Waals surface area (Å²) in [5.74, 6) is 0. The lowest BCUT2D eigenvalue weighted by Gasteiger charge is -1.98. The summed E-state index contributed by atoms with van der Waals surface area (Å²) in [5.41, 5.74) is 1.24. The Hall–Kier alpha value is -1.04. The number of rotatable bonds is 2. The third kappa shape index (κ3) is 2.06. The Balaban J connectivity index is 2.55. The average molecular weight is 131 g/mol. The van der Waals surface area contributed by atoms with E-state index in [0.29, 0.717) is 0 Å². The van der Waals surface area contributed by atoms with Crippen LogP contribution in [0, 0.1) is 6.42 Å². The topological polar surface area (TPSA) is 0 Å². The molecule has 0 nitrogen and oxygen atoms in total. The molecule has 0 amide bonds. The van der Waals surface area contributed by atoms with Gasteiger partial charge in [0, 0.05) is 0 Å². The Morgan fingerprint density at radius 1 is 1.50 bits per heavy atom. The van der Waals surface area contributed by atoms with Crippen LogP contribution < -0.4 is 0 Å². The minimum absolute atomic E-state index is 1.06. The number of hydrogen-bond donors (Lipinski definition) is 0. The van der Waals surface area contributed by atoms with Gasteiger partial charge in [0.25, 0.3) is 0 Å². The predicted molar refractivity (Wildman–Crippen MR) is 45.5 cm³/mol. The molecule has 1 aliphatic carbocycles. The summed E-state index contributed by atoms with van der Waals surface area (Å²) in [6.45, 7) is 3.60. The van der Waals surface area contributed by atoms with E-state index in [9.17, 15) is 0 Å². The van der Waals surface area contributed by atoms with E-state index in [2.05, 4.69) is 31.2 Å². The highest BCUT2D eigenvalue weighted by Gasteiger charge is 1.90. The van der Waals surface area contributed by atoms with Crippen LogP contribution in [0.5, 0.6) is 0 Å². The molecule has 10 heavy (non-hydrogen) atoms. The van der Waals surface area contributed by atoms with Crippen LogP contribution in [0.2, 0.25) is 0 Å². The van der Waals surface area contributed by atoms with Gasteiger partial charge in [-0.1, -0.05) is 43.0 Å². The maximum atomic E-state index is 3.60. The average Bonchev–Trinajstić information content (AvgIpc) is 2.03. The third-order valence-corrected chi connectivity index (χ3v) is 1.32. The summed E-state index contributed by atoms with van der Waals surface area (Å²) >= 11 is 0. The van der Waals surface area contributed by atoms with Crippen LogP contribution >= 0.6 is 0 Å². The molecule has 1 aliphatic rings. The summed E-state index contributed by atoms with van der Waals surface area (Å²) in [7, 11) is 0. The van der Waals surface area contributed by atoms with Crippen molar-refractivity contribution in [2.45, 2.75) is 6.42 Å². The standard InChI is InChI=1S/C10H11/c1-2-3-7-10-8-5-4-6-9-10/h2-3,5-9H,1,4H2. The molecule has 1 rings (SSSR count). The smallest absolute Gasteiger partial charge is 0.0124 e. The molecule has 0 saturated heterocycles. The Labute approximate surface area is 62.3 Å². The third-order valence-electron chi connectivity index (χ3n) is 1.32. The van der Waals surface area contributed by atoms with E-state index in [1.807, 2.05) is 12.2 Å². The summed E-state index contributed by atoms with van der Waals surface area (Å²) in [6.07, 6.45) is 15.3. The molecule has 0 N–H and O–H groups in total. The summed E-state index contributed by atoms with van der Waals surface area (Å²) in [5, 5.41) is 0. The maximum absolute atomic E-state index is 3.60. The lowest BCUT2D eigenvalue weighted by molar-refractivity contribution is 1.25. The summed E-state index contributed by atoms with van der Waals surface area (Å²) in [6, 6.07) is 0. The van der Waals surface area contributed by atoms with Crippen LogP contribution in [-0.4, -0.2) is 0 Å². The monoisotopic (exact) mass is 131 g/mol. The maximum Gasteiger partial charge on any atom is -0.0124 e. The molecule has 0 atom stereocenters. The van der Waals surface area contributed by atoms with Crippen LogP contribution in [-0.2, 0) is 0 Å². The van der Waals surface area contributed by atoms with Gasteiger partial charge in [-0.2, -0.15) is 0 Å². The molecule has 0 unspecified atom stereocenters. The highest BCUT2D eigenvalue weighted by molar-refractivity contribution is 5.36. The fourth-order valence-corrected chi connectivity index (χ4v) is 0.833. The number of allylic oxidation sites excluding steroid dienone is 7. The zero-order chi connectivity index (χ0) is 7.23. The lowest BCUT2D eigenvalue weighted by Crippen LogP contribution is -1.79. The normalized spacial score (nSPS) is 17.4. The molecule has 0 aromatic rings. The van der Waals surface area contributed by atoms with Crippen molar-refractivity contribution in [1.82, 2.24) is 0 Å². The molecule has 0 saturated carbocycles. The summed E-state index contributed by atoms with van der Waals surface area (Å²) < 4.78 is 0. The van der Waals surface area contributed by atoms with Crippen molar-refractivity contribution in [1.29, 1.82) is 0 Å². The molecule has 0 heterocycles. The molecule has 0 aromatic heterocycles. The van der Waals surface area contributed by atoms with Crippen molar-refractivity contribution in [3.05, 3.63) is 55.0 Å². The lowest BCUT2D eigenvalue weighted by atomic mass is 10.1. The largest absolute Gasteiger partial charge is 0.0991 e. The molecule has 0 heteroatoms. The van der Waals surface area contributed by atoms with E-state index in [-0.39, 0.29) is 0 Å². The fourth-order valence-electron chi connectivity index (χ4n) is 0.833. The van der Waals surface area contributed by atoms with E-state index in [1.54, 1.807) is 6.08 Å². The van der Waals surface area contributed by atoms with Crippen LogP contribution in [0.25, 0.3) is 0 Å². The Morgan fingerprint density at radius 3 is 3.00 bits per heavy atom. The zero-order valence-electron chi connectivity index (χ0n) is 5.96. The van der Waals surface area contributed by atoms with E-state index in [4.69, 9.17) is 0 Å². The SMILES string of the molecule is C=CC=CC1=C[CH]CC=C1. The molecule has 51 valence electrons. The first-order valence-corrected chi connectivity index (χ1v) is 3.42. The fraction of sp³-hybridized carbons (Fsp3) is 0.100. The van der Waals surface area contributed by atoms with Crippen molar-refractivity contribution >= 4 is 0 Å². The molecular formula is C10H11. The highest BCUT2D eigenvalue weighted by Crippen LogP contribution is 2.09. The van der Waals surface area contributed by atoms with Gasteiger partial charge in [0.05, 0.1) is 0 Å². The minimum atomic E-state index is 1.06. The van der Waals surface area contributed by atoms with Crippen LogP contribution in [0.1, 0.15) is 6.42 Å². The van der Waals surface area contributed by atoms with Gasteiger partial charge in [-0.3, -0.25) is 0 Å². The quantitative estimate of drug-likeness (QED) is 0.505. The first-order chi connectivity index (χ1) is 4.93. The van der Waals surface area contributed by atoms with Crippen molar-refractivity contribution in [2.24, 2.45) is 0 Å².